The molecule has 0 unspecified atom stereocenters. The predicted molar refractivity (Wildman–Crippen MR) is 76.0 cm³/mol. The highest BCUT2D eigenvalue weighted by molar-refractivity contribution is 5.88. The molecule has 94 valence electrons. The van der Waals surface area contributed by atoms with Crippen LogP contribution in [0.1, 0.15) is 11.1 Å². The first-order chi connectivity index (χ1) is 9.31. The van der Waals surface area contributed by atoms with E-state index in [0.717, 1.165) is 16.6 Å². The summed E-state index contributed by atoms with van der Waals surface area (Å²) in [4.78, 5) is 7.53. The van der Waals surface area contributed by atoms with E-state index in [4.69, 9.17) is 0 Å². The summed E-state index contributed by atoms with van der Waals surface area (Å²) < 4.78 is 12.8. The fraction of sp³-hybridized carbons (Fsp3) is 0.0625. The minimum Gasteiger partial charge on any atom is -0.361 e. The Morgan fingerprint density at radius 1 is 1.05 bits per heavy atom. The lowest BCUT2D eigenvalue weighted by atomic mass is 10.2. The quantitative estimate of drug-likeness (QED) is 0.684. The van der Waals surface area contributed by atoms with Gasteiger partial charge in [0.05, 0.1) is 6.54 Å². The number of nitrogens with zero attached hydrogens (tertiary/aromatic N) is 1. The van der Waals surface area contributed by atoms with Gasteiger partial charge in [0.25, 0.3) is 0 Å². The predicted octanol–water partition coefficient (Wildman–Crippen LogP) is 3.93. The zero-order valence-corrected chi connectivity index (χ0v) is 10.3. The number of fused-ring (bicyclic) bond motifs is 1. The van der Waals surface area contributed by atoms with Gasteiger partial charge in [-0.2, -0.15) is 0 Å². The molecule has 1 heterocycles. The average molecular weight is 252 g/mol. The Kier molecular flexibility index (Phi) is 3.11. The molecule has 0 fully saturated rings. The summed E-state index contributed by atoms with van der Waals surface area (Å²) in [5.41, 5.74) is 3.19. The third kappa shape index (κ3) is 2.71. The molecule has 3 aromatic rings. The number of hydrogen-bond donors (Lipinski definition) is 1. The van der Waals surface area contributed by atoms with Crippen LogP contribution in [-0.4, -0.2) is 11.2 Å². The largest absolute Gasteiger partial charge is 0.361 e. The van der Waals surface area contributed by atoms with Gasteiger partial charge < -0.3 is 4.98 Å². The van der Waals surface area contributed by atoms with Crippen molar-refractivity contribution in [3.8, 4) is 0 Å². The van der Waals surface area contributed by atoms with E-state index < -0.39 is 0 Å². The molecule has 0 amide bonds. The van der Waals surface area contributed by atoms with Crippen molar-refractivity contribution in [1.82, 2.24) is 4.98 Å². The Labute approximate surface area is 110 Å². The Morgan fingerprint density at radius 2 is 1.89 bits per heavy atom. The molecule has 0 bridgehead atoms. The summed E-state index contributed by atoms with van der Waals surface area (Å²) in [6, 6.07) is 14.6. The summed E-state index contributed by atoms with van der Waals surface area (Å²) in [7, 11) is 0. The van der Waals surface area contributed by atoms with E-state index in [1.54, 1.807) is 12.1 Å². The minimum atomic E-state index is -0.217. The summed E-state index contributed by atoms with van der Waals surface area (Å²) in [6.07, 6.45) is 3.76. The van der Waals surface area contributed by atoms with Gasteiger partial charge in [0.1, 0.15) is 5.82 Å². The molecule has 0 saturated heterocycles. The minimum absolute atomic E-state index is 0.217. The number of benzene rings is 2. The highest BCUT2D eigenvalue weighted by Crippen LogP contribution is 2.13. The van der Waals surface area contributed by atoms with Crippen molar-refractivity contribution in [2.75, 3.05) is 0 Å². The van der Waals surface area contributed by atoms with E-state index in [-0.39, 0.29) is 5.82 Å². The van der Waals surface area contributed by atoms with E-state index >= 15 is 0 Å². The number of aromatic amines is 1. The normalized spacial score (nSPS) is 11.4. The topological polar surface area (TPSA) is 28.1 Å². The van der Waals surface area contributed by atoms with Crippen LogP contribution in [0, 0.1) is 5.82 Å². The first-order valence-electron chi connectivity index (χ1n) is 6.13. The van der Waals surface area contributed by atoms with Crippen molar-refractivity contribution in [2.45, 2.75) is 6.54 Å². The molecule has 0 aliphatic heterocycles. The van der Waals surface area contributed by atoms with Crippen LogP contribution in [0.2, 0.25) is 0 Å². The zero-order valence-electron chi connectivity index (χ0n) is 10.3. The van der Waals surface area contributed by atoms with Crippen LogP contribution in [0.15, 0.2) is 59.7 Å². The maximum absolute atomic E-state index is 12.8. The number of H-pyrrole nitrogens is 1. The second-order valence-electron chi connectivity index (χ2n) is 4.42. The number of hydrogen-bond acceptors (Lipinski definition) is 1. The van der Waals surface area contributed by atoms with Gasteiger partial charge in [0, 0.05) is 17.9 Å². The Balaban J connectivity index is 1.73. The molecule has 1 N–H and O–H groups in total. The molecule has 0 saturated carbocycles. The molecule has 0 aliphatic rings. The first kappa shape index (κ1) is 11.7. The second kappa shape index (κ2) is 5.06. The lowest BCUT2D eigenvalue weighted by molar-refractivity contribution is 0.627. The van der Waals surface area contributed by atoms with Gasteiger partial charge in [-0.25, -0.2) is 4.39 Å². The van der Waals surface area contributed by atoms with E-state index in [0.29, 0.717) is 6.54 Å². The van der Waals surface area contributed by atoms with Gasteiger partial charge in [0.15, 0.2) is 0 Å². The highest BCUT2D eigenvalue weighted by Gasteiger charge is 1.95. The Bertz CT molecular complexity index is 711. The van der Waals surface area contributed by atoms with Gasteiger partial charge in [-0.05, 0) is 46.8 Å². The van der Waals surface area contributed by atoms with Crippen molar-refractivity contribution in [3.63, 3.8) is 0 Å². The van der Waals surface area contributed by atoms with Gasteiger partial charge in [0.2, 0.25) is 0 Å². The Morgan fingerprint density at radius 3 is 2.74 bits per heavy atom. The maximum Gasteiger partial charge on any atom is 0.123 e. The van der Waals surface area contributed by atoms with E-state index in [1.165, 1.54) is 17.5 Å². The third-order valence-corrected chi connectivity index (χ3v) is 3.00. The highest BCUT2D eigenvalue weighted by atomic mass is 19.1. The van der Waals surface area contributed by atoms with Crippen molar-refractivity contribution in [1.29, 1.82) is 0 Å². The standard InChI is InChI=1S/C16H13FN2/c17-15-4-1-12(2-5-15)10-18-11-13-3-6-16-14(9-13)7-8-19-16/h1-9,11,19H,10H2. The van der Waals surface area contributed by atoms with Crippen LogP contribution in [-0.2, 0) is 6.54 Å². The lowest BCUT2D eigenvalue weighted by Gasteiger charge is -1.97. The van der Waals surface area contributed by atoms with Gasteiger partial charge in [-0.15, -0.1) is 0 Å². The fourth-order valence-electron chi connectivity index (χ4n) is 2.00. The fourth-order valence-corrected chi connectivity index (χ4v) is 2.00. The molecule has 1 aromatic heterocycles. The smallest absolute Gasteiger partial charge is 0.123 e. The zero-order chi connectivity index (χ0) is 13.1. The number of aromatic nitrogens is 1. The molecule has 0 radical (unpaired) electrons. The monoisotopic (exact) mass is 252 g/mol. The first-order valence-corrected chi connectivity index (χ1v) is 6.13. The van der Waals surface area contributed by atoms with Crippen molar-refractivity contribution in [3.05, 3.63) is 71.7 Å². The molecular formula is C16H13FN2. The lowest BCUT2D eigenvalue weighted by Crippen LogP contribution is -1.85. The molecule has 3 heteroatoms. The van der Waals surface area contributed by atoms with Crippen molar-refractivity contribution >= 4 is 17.1 Å². The van der Waals surface area contributed by atoms with Crippen LogP contribution >= 0.6 is 0 Å². The van der Waals surface area contributed by atoms with E-state index in [1.807, 2.05) is 30.6 Å². The van der Waals surface area contributed by atoms with E-state index in [2.05, 4.69) is 16.0 Å². The number of aliphatic imine (C=N–C) groups is 1. The summed E-state index contributed by atoms with van der Waals surface area (Å²) in [6.45, 7) is 0.561. The molecule has 19 heavy (non-hydrogen) atoms. The second-order valence-corrected chi connectivity index (χ2v) is 4.42. The molecular weight excluding hydrogens is 239 g/mol. The number of halogens is 1. The van der Waals surface area contributed by atoms with Gasteiger partial charge in [-0.3, -0.25) is 4.99 Å². The molecule has 0 aliphatic carbocycles. The molecule has 3 rings (SSSR count). The van der Waals surface area contributed by atoms with Crippen LogP contribution < -0.4 is 0 Å². The maximum atomic E-state index is 12.8. The van der Waals surface area contributed by atoms with Crippen LogP contribution in [0.25, 0.3) is 10.9 Å². The summed E-state index contributed by atoms with van der Waals surface area (Å²) in [5, 5.41) is 1.17. The van der Waals surface area contributed by atoms with Crippen LogP contribution in [0.3, 0.4) is 0 Å². The van der Waals surface area contributed by atoms with Gasteiger partial charge in [-0.1, -0.05) is 18.2 Å². The number of nitrogens with one attached hydrogen (secondary N) is 1. The molecule has 0 atom stereocenters. The van der Waals surface area contributed by atoms with Gasteiger partial charge >= 0.3 is 0 Å². The van der Waals surface area contributed by atoms with Crippen molar-refractivity contribution < 1.29 is 4.39 Å². The van der Waals surface area contributed by atoms with Crippen LogP contribution in [0.5, 0.6) is 0 Å². The molecule has 0 spiro atoms. The molecule has 2 aromatic carbocycles. The number of rotatable bonds is 3. The molecule has 2 nitrogen and oxygen atoms in total. The third-order valence-electron chi connectivity index (χ3n) is 3.00. The van der Waals surface area contributed by atoms with E-state index in [9.17, 15) is 4.39 Å². The Hall–Kier alpha value is -2.42. The summed E-state index contributed by atoms with van der Waals surface area (Å²) >= 11 is 0. The van der Waals surface area contributed by atoms with Crippen molar-refractivity contribution in [2.24, 2.45) is 4.99 Å². The SMILES string of the molecule is Fc1ccc(CN=Cc2ccc3[nH]ccc3c2)cc1. The van der Waals surface area contributed by atoms with Crippen LogP contribution in [0.4, 0.5) is 4.39 Å². The average Bonchev–Trinajstić information content (AvgIpc) is 2.88. The summed E-state index contributed by atoms with van der Waals surface area (Å²) in [5.74, 6) is -0.217.